The van der Waals surface area contributed by atoms with Crippen LogP contribution in [-0.2, 0) is 15.8 Å². The molecule has 0 aromatic heterocycles. The molecule has 0 spiro atoms. The minimum absolute atomic E-state index is 0.579. The van der Waals surface area contributed by atoms with Gasteiger partial charge in [-0.15, -0.1) is 0 Å². The van der Waals surface area contributed by atoms with E-state index in [0.717, 1.165) is 30.5 Å². The maximum atomic E-state index is 6.46. The molecule has 0 heterocycles. The highest BCUT2D eigenvalue weighted by atomic mass is 28.4. The zero-order valence-corrected chi connectivity index (χ0v) is 15.2. The van der Waals surface area contributed by atoms with Gasteiger partial charge in [0.1, 0.15) is 6.61 Å². The van der Waals surface area contributed by atoms with Crippen LogP contribution in [0.2, 0.25) is 18.1 Å². The van der Waals surface area contributed by atoms with Crippen LogP contribution in [-0.4, -0.2) is 8.32 Å². The lowest BCUT2D eigenvalue weighted by Crippen LogP contribution is -2.36. The Bertz CT molecular complexity index is 428. The number of hydrogen-bond donors (Lipinski definition) is 0. The highest BCUT2D eigenvalue weighted by Crippen LogP contribution is 2.27. The van der Waals surface area contributed by atoms with Crippen molar-refractivity contribution in [3.05, 3.63) is 47.4 Å². The van der Waals surface area contributed by atoms with E-state index in [1.807, 2.05) is 18.2 Å². The van der Waals surface area contributed by atoms with E-state index in [4.69, 9.17) is 9.16 Å². The van der Waals surface area contributed by atoms with E-state index in [1.54, 1.807) is 0 Å². The Balaban J connectivity index is 2.83. The Morgan fingerprint density at radius 3 is 2.00 bits per heavy atom. The molecule has 0 saturated heterocycles. The molecule has 0 amide bonds. The van der Waals surface area contributed by atoms with Crippen LogP contribution in [0, 0.1) is 0 Å². The van der Waals surface area contributed by atoms with E-state index < -0.39 is 8.32 Å². The van der Waals surface area contributed by atoms with Crippen molar-refractivity contribution in [3.63, 3.8) is 0 Å². The van der Waals surface area contributed by atoms with Crippen LogP contribution in [0.4, 0.5) is 0 Å². The van der Waals surface area contributed by atoms with E-state index in [-0.39, 0.29) is 0 Å². The van der Waals surface area contributed by atoms with Gasteiger partial charge >= 0.3 is 0 Å². The molecule has 0 N–H and O–H groups in total. The summed E-state index contributed by atoms with van der Waals surface area (Å²) in [6, 6.07) is 13.7. The van der Waals surface area contributed by atoms with Crippen molar-refractivity contribution in [3.8, 4) is 0 Å². The van der Waals surface area contributed by atoms with Gasteiger partial charge in [0, 0.05) is 5.57 Å². The first-order valence-corrected chi connectivity index (χ1v) is 10.7. The van der Waals surface area contributed by atoms with Gasteiger partial charge in [0.15, 0.2) is 0 Å². The second-order valence-electron chi connectivity index (χ2n) is 5.54. The van der Waals surface area contributed by atoms with E-state index in [1.165, 1.54) is 11.1 Å². The third-order valence-electron chi connectivity index (χ3n) is 4.33. The summed E-state index contributed by atoms with van der Waals surface area (Å²) in [5, 5.41) is 0. The maximum absolute atomic E-state index is 6.46. The van der Waals surface area contributed by atoms with Crippen LogP contribution in [0.25, 0.3) is 0 Å². The molecule has 21 heavy (non-hydrogen) atoms. The quantitative estimate of drug-likeness (QED) is 0.420. The van der Waals surface area contributed by atoms with E-state index in [9.17, 15) is 0 Å². The third-order valence-corrected chi connectivity index (χ3v) is 8.82. The molecule has 2 nitrogen and oxygen atoms in total. The molecular weight excluding hydrogens is 276 g/mol. The molecule has 1 aromatic carbocycles. The number of rotatable bonds is 9. The first-order valence-electron chi connectivity index (χ1n) is 8.16. The standard InChI is InChI=1S/C18H30O2Si/c1-6-16(5)18(20-21(7-2,8-3)9-4)19-15-17-13-11-10-12-14-17/h10-14H,6-9,15H2,1-5H3/b18-16+. The second-order valence-corrected chi connectivity index (χ2v) is 10.2. The van der Waals surface area contributed by atoms with Gasteiger partial charge < -0.3 is 9.16 Å². The van der Waals surface area contributed by atoms with Crippen LogP contribution in [0.15, 0.2) is 41.9 Å². The van der Waals surface area contributed by atoms with Crippen LogP contribution in [0.1, 0.15) is 46.6 Å². The maximum Gasteiger partial charge on any atom is 0.264 e. The molecule has 0 aliphatic carbocycles. The predicted octanol–water partition coefficient (Wildman–Crippen LogP) is 5.87. The molecule has 0 radical (unpaired) electrons. The Morgan fingerprint density at radius 1 is 0.952 bits per heavy atom. The summed E-state index contributed by atoms with van der Waals surface area (Å²) >= 11 is 0. The van der Waals surface area contributed by atoms with Gasteiger partial charge in [0.05, 0.1) is 0 Å². The molecule has 1 rings (SSSR count). The topological polar surface area (TPSA) is 18.5 Å². The monoisotopic (exact) mass is 306 g/mol. The van der Waals surface area contributed by atoms with Crippen LogP contribution in [0.3, 0.4) is 0 Å². The van der Waals surface area contributed by atoms with Gasteiger partial charge in [0.2, 0.25) is 0 Å². The molecule has 1 aromatic rings. The van der Waals surface area contributed by atoms with Crippen LogP contribution >= 0.6 is 0 Å². The highest BCUT2D eigenvalue weighted by molar-refractivity contribution is 6.73. The zero-order chi connectivity index (χ0) is 15.7. The minimum Gasteiger partial charge on any atom is -0.519 e. The van der Waals surface area contributed by atoms with Gasteiger partial charge in [-0.05, 0) is 37.0 Å². The fourth-order valence-corrected chi connectivity index (χ4v) is 4.83. The number of allylic oxidation sites excluding steroid dienone is 1. The lowest BCUT2D eigenvalue weighted by Gasteiger charge is -2.31. The molecule has 3 heteroatoms. The summed E-state index contributed by atoms with van der Waals surface area (Å²) in [6.45, 7) is 11.6. The van der Waals surface area contributed by atoms with Crippen molar-refractivity contribution >= 4 is 8.32 Å². The summed E-state index contributed by atoms with van der Waals surface area (Å²) in [4.78, 5) is 0. The molecule has 0 bridgehead atoms. The molecular formula is C18H30O2Si. The second kappa shape index (κ2) is 8.93. The number of hydrogen-bond acceptors (Lipinski definition) is 2. The van der Waals surface area contributed by atoms with E-state index in [2.05, 4.69) is 46.8 Å². The largest absolute Gasteiger partial charge is 0.519 e. The first-order chi connectivity index (χ1) is 10.1. The molecule has 0 saturated carbocycles. The van der Waals surface area contributed by atoms with Crippen LogP contribution < -0.4 is 0 Å². The fourth-order valence-electron chi connectivity index (χ4n) is 2.27. The normalized spacial score (nSPS) is 12.8. The molecule has 0 fully saturated rings. The minimum atomic E-state index is -1.68. The summed E-state index contributed by atoms with van der Waals surface area (Å²) in [5.41, 5.74) is 2.39. The van der Waals surface area contributed by atoms with Crippen molar-refractivity contribution in [2.24, 2.45) is 0 Å². The Morgan fingerprint density at radius 2 is 1.52 bits per heavy atom. The molecule has 0 aliphatic rings. The van der Waals surface area contributed by atoms with Crippen molar-refractivity contribution in [1.82, 2.24) is 0 Å². The predicted molar refractivity (Wildman–Crippen MR) is 92.5 cm³/mol. The molecule has 118 valence electrons. The average Bonchev–Trinajstić information content (AvgIpc) is 2.56. The molecule has 0 atom stereocenters. The lowest BCUT2D eigenvalue weighted by atomic mass is 10.2. The van der Waals surface area contributed by atoms with E-state index in [0.29, 0.717) is 6.61 Å². The zero-order valence-electron chi connectivity index (χ0n) is 14.2. The average molecular weight is 307 g/mol. The Kier molecular flexibility index (Phi) is 7.58. The number of ether oxygens (including phenoxy) is 1. The SMILES string of the molecule is CC/C(C)=C(\OCc1ccccc1)O[Si](CC)(CC)CC. The summed E-state index contributed by atoms with van der Waals surface area (Å²) in [5.74, 6) is 0.776. The van der Waals surface area contributed by atoms with Crippen molar-refractivity contribution < 1.29 is 9.16 Å². The van der Waals surface area contributed by atoms with Crippen molar-refractivity contribution in [2.75, 3.05) is 0 Å². The third kappa shape index (κ3) is 5.23. The number of benzene rings is 1. The van der Waals surface area contributed by atoms with Gasteiger partial charge in [0.25, 0.3) is 14.3 Å². The molecule has 0 aliphatic heterocycles. The lowest BCUT2D eigenvalue weighted by molar-refractivity contribution is 0.0846. The van der Waals surface area contributed by atoms with Gasteiger partial charge in [-0.2, -0.15) is 0 Å². The van der Waals surface area contributed by atoms with Gasteiger partial charge in [-0.25, -0.2) is 0 Å². The smallest absolute Gasteiger partial charge is 0.264 e. The summed E-state index contributed by atoms with van der Waals surface area (Å²) in [6.07, 6.45) is 0.964. The van der Waals surface area contributed by atoms with Crippen LogP contribution in [0.5, 0.6) is 0 Å². The first kappa shape index (κ1) is 17.8. The molecule has 0 unspecified atom stereocenters. The van der Waals surface area contributed by atoms with Gasteiger partial charge in [-0.3, -0.25) is 0 Å². The van der Waals surface area contributed by atoms with Gasteiger partial charge in [-0.1, -0.05) is 58.0 Å². The summed E-state index contributed by atoms with van der Waals surface area (Å²) < 4.78 is 12.5. The fraction of sp³-hybridized carbons (Fsp3) is 0.556. The van der Waals surface area contributed by atoms with E-state index >= 15 is 0 Å². The van der Waals surface area contributed by atoms with Crippen molar-refractivity contribution in [1.29, 1.82) is 0 Å². The van der Waals surface area contributed by atoms with Crippen molar-refractivity contribution in [2.45, 2.75) is 65.8 Å². The Labute approximate surface area is 131 Å². The highest BCUT2D eigenvalue weighted by Gasteiger charge is 2.32. The Hall–Kier alpha value is -1.22. The summed E-state index contributed by atoms with van der Waals surface area (Å²) in [7, 11) is -1.68.